The van der Waals surface area contributed by atoms with E-state index in [4.69, 9.17) is 11.6 Å². The Hall–Kier alpha value is -2.50. The van der Waals surface area contributed by atoms with Gasteiger partial charge in [0.05, 0.1) is 10.5 Å². The maximum absolute atomic E-state index is 15.0. The quantitative estimate of drug-likeness (QED) is 0.604. The summed E-state index contributed by atoms with van der Waals surface area (Å²) in [4.78, 5) is 21.2. The molecule has 0 unspecified atom stereocenters. The van der Waals surface area contributed by atoms with Gasteiger partial charge in [-0.15, -0.1) is 0 Å². The molecule has 3 aromatic rings. The highest BCUT2D eigenvalue weighted by Gasteiger charge is 2.33. The van der Waals surface area contributed by atoms with Crippen molar-refractivity contribution in [1.29, 1.82) is 0 Å². The van der Waals surface area contributed by atoms with Gasteiger partial charge in [0.2, 0.25) is 0 Å². The largest absolute Gasteiger partial charge is 0.336 e. The number of fused-ring (bicyclic) bond motifs is 1. The molecule has 150 valence electrons. The molecular weight excluding hydrogens is 389 g/mol. The molecule has 0 saturated carbocycles. The number of benzene rings is 2. The van der Waals surface area contributed by atoms with Crippen LogP contribution in [0.5, 0.6) is 0 Å². The first kappa shape index (κ1) is 19.8. The molecule has 0 aliphatic carbocycles. The number of nitrogens with zero attached hydrogens (tertiary/aromatic N) is 3. The van der Waals surface area contributed by atoms with Crippen LogP contribution in [0, 0.1) is 5.82 Å². The number of rotatable bonds is 2. The van der Waals surface area contributed by atoms with Gasteiger partial charge in [-0.05, 0) is 56.8 Å². The molecule has 1 saturated heterocycles. The van der Waals surface area contributed by atoms with Crippen LogP contribution in [0.15, 0.2) is 48.7 Å². The minimum atomic E-state index is -0.427. The highest BCUT2D eigenvalue weighted by atomic mass is 35.5. The van der Waals surface area contributed by atoms with Crippen LogP contribution < -0.4 is 0 Å². The van der Waals surface area contributed by atoms with E-state index in [9.17, 15) is 9.18 Å². The maximum atomic E-state index is 15.0. The summed E-state index contributed by atoms with van der Waals surface area (Å²) in [5, 5.41) is 1.34. The van der Waals surface area contributed by atoms with E-state index in [-0.39, 0.29) is 11.4 Å². The Morgan fingerprint density at radius 2 is 1.93 bits per heavy atom. The number of carbonyl (C=O) groups excluding carboxylic acids is 1. The molecule has 2 heterocycles. The van der Waals surface area contributed by atoms with Crippen LogP contribution in [0.25, 0.3) is 22.0 Å². The Morgan fingerprint density at radius 3 is 2.66 bits per heavy atom. The van der Waals surface area contributed by atoms with E-state index in [1.807, 2.05) is 18.2 Å². The van der Waals surface area contributed by atoms with E-state index in [2.05, 4.69) is 30.8 Å². The lowest BCUT2D eigenvalue weighted by Crippen LogP contribution is -2.58. The number of amides is 1. The Morgan fingerprint density at radius 1 is 1.14 bits per heavy atom. The SMILES string of the molecule is CN1CCN(C(=O)c2ccc(-c3ccc4nccc(Cl)c4c3)c(F)c2)CC1(C)C. The first-order chi connectivity index (χ1) is 13.8. The summed E-state index contributed by atoms with van der Waals surface area (Å²) in [6, 6.07) is 11.9. The summed E-state index contributed by atoms with van der Waals surface area (Å²) >= 11 is 6.25. The number of likely N-dealkylation sites (N-methyl/N-ethyl adjacent to an activating group) is 1. The Bertz CT molecular complexity index is 1100. The molecule has 29 heavy (non-hydrogen) atoms. The summed E-state index contributed by atoms with van der Waals surface area (Å²) in [6.45, 7) is 6.26. The lowest BCUT2D eigenvalue weighted by molar-refractivity contribution is 0.0311. The minimum absolute atomic E-state index is 0.106. The summed E-state index contributed by atoms with van der Waals surface area (Å²) in [6.07, 6.45) is 1.64. The second-order valence-electron chi connectivity index (χ2n) is 8.18. The van der Waals surface area contributed by atoms with Crippen molar-refractivity contribution in [2.45, 2.75) is 19.4 Å². The van der Waals surface area contributed by atoms with Gasteiger partial charge in [-0.25, -0.2) is 4.39 Å². The summed E-state index contributed by atoms with van der Waals surface area (Å²) in [5.41, 5.74) is 2.15. The minimum Gasteiger partial charge on any atom is -0.336 e. The summed E-state index contributed by atoms with van der Waals surface area (Å²) in [5.74, 6) is -0.564. The van der Waals surface area contributed by atoms with Crippen molar-refractivity contribution in [3.8, 4) is 11.1 Å². The third-order valence-corrected chi connectivity index (χ3v) is 6.15. The van der Waals surface area contributed by atoms with Gasteiger partial charge in [0.25, 0.3) is 5.91 Å². The fourth-order valence-corrected chi connectivity index (χ4v) is 3.97. The summed E-state index contributed by atoms with van der Waals surface area (Å²) < 4.78 is 15.0. The fraction of sp³-hybridized carbons (Fsp3) is 0.304. The zero-order valence-electron chi connectivity index (χ0n) is 16.7. The van der Waals surface area contributed by atoms with Gasteiger partial charge in [-0.1, -0.05) is 23.7 Å². The van der Waals surface area contributed by atoms with Crippen LogP contribution in [0.4, 0.5) is 4.39 Å². The molecule has 1 fully saturated rings. The van der Waals surface area contributed by atoms with E-state index >= 15 is 0 Å². The zero-order valence-corrected chi connectivity index (χ0v) is 17.5. The number of halogens is 2. The second kappa shape index (κ2) is 7.39. The van der Waals surface area contributed by atoms with Crippen molar-refractivity contribution in [1.82, 2.24) is 14.8 Å². The van der Waals surface area contributed by atoms with Crippen LogP contribution >= 0.6 is 11.6 Å². The topological polar surface area (TPSA) is 36.4 Å². The molecule has 1 aromatic heterocycles. The van der Waals surface area contributed by atoms with Crippen LogP contribution in [0.3, 0.4) is 0 Å². The molecule has 0 N–H and O–H groups in total. The Labute approximate surface area is 174 Å². The molecule has 1 aliphatic heterocycles. The molecule has 0 radical (unpaired) electrons. The van der Waals surface area contributed by atoms with E-state index < -0.39 is 5.82 Å². The number of hydrogen-bond donors (Lipinski definition) is 0. The number of piperazine rings is 1. The number of hydrogen-bond acceptors (Lipinski definition) is 3. The molecule has 1 aliphatic rings. The van der Waals surface area contributed by atoms with Crippen molar-refractivity contribution in [2.24, 2.45) is 0 Å². The highest BCUT2D eigenvalue weighted by molar-refractivity contribution is 6.35. The number of carbonyl (C=O) groups is 1. The van der Waals surface area contributed by atoms with Gasteiger partial charge < -0.3 is 4.90 Å². The van der Waals surface area contributed by atoms with Gasteiger partial charge in [0.1, 0.15) is 5.82 Å². The first-order valence-corrected chi connectivity index (χ1v) is 9.99. The van der Waals surface area contributed by atoms with Gasteiger partial charge in [-0.2, -0.15) is 0 Å². The fourth-order valence-electron chi connectivity index (χ4n) is 3.76. The molecule has 2 aromatic carbocycles. The van der Waals surface area contributed by atoms with E-state index in [0.717, 1.165) is 17.4 Å². The monoisotopic (exact) mass is 411 g/mol. The van der Waals surface area contributed by atoms with Crippen LogP contribution in [-0.2, 0) is 0 Å². The van der Waals surface area contributed by atoms with Crippen molar-refractivity contribution >= 4 is 28.4 Å². The molecule has 4 nitrogen and oxygen atoms in total. The Balaban J connectivity index is 1.63. The average Bonchev–Trinajstić information content (AvgIpc) is 2.69. The lowest BCUT2D eigenvalue weighted by Gasteiger charge is -2.45. The zero-order chi connectivity index (χ0) is 20.8. The van der Waals surface area contributed by atoms with Crippen LogP contribution in [0.2, 0.25) is 5.02 Å². The van der Waals surface area contributed by atoms with Gasteiger partial charge in [-0.3, -0.25) is 14.7 Å². The van der Waals surface area contributed by atoms with Crippen molar-refractivity contribution in [2.75, 3.05) is 26.7 Å². The predicted octanol–water partition coefficient (Wildman–Crippen LogP) is 4.86. The van der Waals surface area contributed by atoms with Gasteiger partial charge in [0.15, 0.2) is 0 Å². The molecule has 0 atom stereocenters. The van der Waals surface area contributed by atoms with Crippen molar-refractivity contribution in [3.05, 3.63) is 65.1 Å². The standard InChI is InChI=1S/C23H23ClFN3O/c1-23(2)14-28(11-10-27(23)3)22(29)16-4-6-17(20(25)13-16)15-5-7-21-18(12-15)19(24)8-9-26-21/h4-9,12-13H,10-11,14H2,1-3H3. The Kier molecular flexibility index (Phi) is 5.05. The van der Waals surface area contributed by atoms with Crippen molar-refractivity contribution in [3.63, 3.8) is 0 Å². The smallest absolute Gasteiger partial charge is 0.254 e. The molecule has 1 amide bonds. The van der Waals surface area contributed by atoms with E-state index in [0.29, 0.717) is 34.8 Å². The third-order valence-electron chi connectivity index (χ3n) is 5.82. The first-order valence-electron chi connectivity index (χ1n) is 9.61. The molecular formula is C23H23ClFN3O. The molecule has 6 heteroatoms. The normalized spacial score (nSPS) is 16.9. The van der Waals surface area contributed by atoms with Crippen LogP contribution in [-0.4, -0.2) is 52.9 Å². The van der Waals surface area contributed by atoms with Gasteiger partial charge in [0, 0.05) is 47.9 Å². The van der Waals surface area contributed by atoms with Crippen LogP contribution in [0.1, 0.15) is 24.2 Å². The lowest BCUT2D eigenvalue weighted by atomic mass is 9.98. The van der Waals surface area contributed by atoms with Gasteiger partial charge >= 0.3 is 0 Å². The van der Waals surface area contributed by atoms with E-state index in [1.165, 1.54) is 6.07 Å². The second-order valence-corrected chi connectivity index (χ2v) is 8.59. The predicted molar refractivity (Wildman–Crippen MR) is 115 cm³/mol. The van der Waals surface area contributed by atoms with E-state index in [1.54, 1.807) is 29.3 Å². The number of pyridine rings is 1. The average molecular weight is 412 g/mol. The van der Waals surface area contributed by atoms with Crippen molar-refractivity contribution < 1.29 is 9.18 Å². The number of aromatic nitrogens is 1. The molecule has 0 bridgehead atoms. The highest BCUT2D eigenvalue weighted by Crippen LogP contribution is 2.30. The summed E-state index contributed by atoms with van der Waals surface area (Å²) in [7, 11) is 2.06. The third kappa shape index (κ3) is 3.72. The molecule has 0 spiro atoms. The molecule has 4 rings (SSSR count). The maximum Gasteiger partial charge on any atom is 0.254 e.